The van der Waals surface area contributed by atoms with Crippen LogP contribution < -0.4 is 10.6 Å². The number of nitrogens with zero attached hydrogens (tertiary/aromatic N) is 1. The topological polar surface area (TPSA) is 54.9 Å². The Morgan fingerprint density at radius 1 is 1.21 bits per heavy atom. The minimum absolute atomic E-state index is 0. The van der Waals surface area contributed by atoms with E-state index < -0.39 is 0 Å². The Morgan fingerprint density at radius 3 is 2.69 bits per heavy atom. The summed E-state index contributed by atoms with van der Waals surface area (Å²) in [6.07, 6.45) is 5.65. The van der Waals surface area contributed by atoms with E-state index in [9.17, 15) is 0 Å². The Hall–Kier alpha value is -0.860. The first kappa shape index (κ1) is 26.2. The molecule has 1 fully saturated rings. The minimum Gasteiger partial charge on any atom is -0.381 e. The molecular formula is C23H40IN3O2. The second-order valence-corrected chi connectivity index (χ2v) is 8.51. The van der Waals surface area contributed by atoms with Crippen molar-refractivity contribution in [2.75, 3.05) is 46.6 Å². The van der Waals surface area contributed by atoms with Gasteiger partial charge >= 0.3 is 0 Å². The number of nitrogens with one attached hydrogen (secondary N) is 2. The van der Waals surface area contributed by atoms with Crippen molar-refractivity contribution in [3.63, 3.8) is 0 Å². The molecule has 1 aromatic carbocycles. The van der Waals surface area contributed by atoms with Crippen LogP contribution in [0.2, 0.25) is 0 Å². The Bertz CT molecular complexity index is 561. The zero-order valence-electron chi connectivity index (χ0n) is 18.4. The van der Waals surface area contributed by atoms with Crippen molar-refractivity contribution in [3.8, 4) is 0 Å². The van der Waals surface area contributed by atoms with Crippen molar-refractivity contribution >= 4 is 29.9 Å². The first-order valence-corrected chi connectivity index (χ1v) is 10.7. The smallest absolute Gasteiger partial charge is 0.190 e. The molecule has 1 aromatic rings. The van der Waals surface area contributed by atoms with Crippen LogP contribution in [-0.4, -0.2) is 52.5 Å². The zero-order valence-corrected chi connectivity index (χ0v) is 20.7. The van der Waals surface area contributed by atoms with Crippen molar-refractivity contribution in [1.82, 2.24) is 10.6 Å². The van der Waals surface area contributed by atoms with Gasteiger partial charge in [-0.3, -0.25) is 4.99 Å². The van der Waals surface area contributed by atoms with Gasteiger partial charge in [-0.1, -0.05) is 44.2 Å². The van der Waals surface area contributed by atoms with Gasteiger partial charge in [0, 0.05) is 39.3 Å². The average molecular weight is 517 g/mol. The summed E-state index contributed by atoms with van der Waals surface area (Å²) in [5, 5.41) is 6.86. The van der Waals surface area contributed by atoms with Gasteiger partial charge in [0.25, 0.3) is 0 Å². The van der Waals surface area contributed by atoms with E-state index in [4.69, 9.17) is 9.47 Å². The Balaban J connectivity index is 0.00000420. The molecule has 166 valence electrons. The monoisotopic (exact) mass is 517 g/mol. The van der Waals surface area contributed by atoms with Gasteiger partial charge in [0.15, 0.2) is 5.96 Å². The van der Waals surface area contributed by atoms with Gasteiger partial charge in [0.2, 0.25) is 0 Å². The molecule has 1 aliphatic rings. The highest BCUT2D eigenvalue weighted by atomic mass is 127. The van der Waals surface area contributed by atoms with Crippen molar-refractivity contribution in [2.24, 2.45) is 16.3 Å². The number of guanidine groups is 1. The van der Waals surface area contributed by atoms with E-state index in [0.29, 0.717) is 5.92 Å². The highest BCUT2D eigenvalue weighted by Crippen LogP contribution is 2.22. The van der Waals surface area contributed by atoms with Crippen LogP contribution in [0.4, 0.5) is 0 Å². The minimum atomic E-state index is 0. The van der Waals surface area contributed by atoms with E-state index in [2.05, 4.69) is 59.8 Å². The molecule has 1 saturated heterocycles. The van der Waals surface area contributed by atoms with Crippen LogP contribution in [0.1, 0.15) is 45.1 Å². The zero-order chi connectivity index (χ0) is 20.1. The van der Waals surface area contributed by atoms with Crippen molar-refractivity contribution in [1.29, 1.82) is 0 Å². The molecular weight excluding hydrogens is 477 g/mol. The summed E-state index contributed by atoms with van der Waals surface area (Å²) < 4.78 is 11.1. The molecule has 2 N–H and O–H groups in total. The van der Waals surface area contributed by atoms with E-state index >= 15 is 0 Å². The van der Waals surface area contributed by atoms with Crippen LogP contribution in [0.3, 0.4) is 0 Å². The summed E-state index contributed by atoms with van der Waals surface area (Å²) in [7, 11) is 1.83. The number of hydrogen-bond acceptors (Lipinski definition) is 3. The van der Waals surface area contributed by atoms with Crippen molar-refractivity contribution in [2.45, 2.75) is 46.0 Å². The molecule has 1 aliphatic heterocycles. The molecule has 1 atom stereocenters. The lowest BCUT2D eigenvalue weighted by atomic mass is 9.86. The van der Waals surface area contributed by atoms with Crippen LogP contribution in [-0.2, 0) is 15.9 Å². The predicted octanol–water partition coefficient (Wildman–Crippen LogP) is 4.26. The second-order valence-electron chi connectivity index (χ2n) is 8.51. The van der Waals surface area contributed by atoms with E-state index in [1.54, 1.807) is 0 Å². The molecule has 1 heterocycles. The Kier molecular flexibility index (Phi) is 13.6. The van der Waals surface area contributed by atoms with Crippen molar-refractivity contribution in [3.05, 3.63) is 35.9 Å². The van der Waals surface area contributed by atoms with Gasteiger partial charge in [0.1, 0.15) is 0 Å². The number of aliphatic imine (C=N–C) groups is 1. The molecule has 0 spiro atoms. The molecule has 0 saturated carbocycles. The first-order chi connectivity index (χ1) is 13.6. The van der Waals surface area contributed by atoms with E-state index in [-0.39, 0.29) is 29.4 Å². The van der Waals surface area contributed by atoms with Gasteiger partial charge in [-0.15, -0.1) is 24.0 Å². The lowest BCUT2D eigenvalue weighted by Gasteiger charge is -2.26. The van der Waals surface area contributed by atoms with Crippen LogP contribution in [0.25, 0.3) is 0 Å². The molecule has 6 heteroatoms. The molecule has 0 amide bonds. The Labute approximate surface area is 194 Å². The maximum absolute atomic E-state index is 5.75. The van der Waals surface area contributed by atoms with Crippen molar-refractivity contribution < 1.29 is 9.47 Å². The summed E-state index contributed by atoms with van der Waals surface area (Å²) >= 11 is 0. The fourth-order valence-electron chi connectivity index (χ4n) is 3.39. The molecule has 5 nitrogen and oxygen atoms in total. The molecule has 0 aliphatic carbocycles. The first-order valence-electron chi connectivity index (χ1n) is 10.7. The largest absolute Gasteiger partial charge is 0.381 e. The number of benzene rings is 1. The van der Waals surface area contributed by atoms with E-state index in [1.165, 1.54) is 18.4 Å². The molecule has 1 unspecified atom stereocenters. The number of hydrogen-bond donors (Lipinski definition) is 2. The number of halogens is 1. The van der Waals surface area contributed by atoms with E-state index in [1.807, 2.05) is 7.05 Å². The lowest BCUT2D eigenvalue weighted by Crippen LogP contribution is -2.42. The summed E-state index contributed by atoms with van der Waals surface area (Å²) in [5.41, 5.74) is 1.66. The Morgan fingerprint density at radius 2 is 2.00 bits per heavy atom. The van der Waals surface area contributed by atoms with Crippen LogP contribution >= 0.6 is 24.0 Å². The highest BCUT2D eigenvalue weighted by Gasteiger charge is 2.18. The fraction of sp³-hybridized carbons (Fsp3) is 0.696. The predicted molar refractivity (Wildman–Crippen MR) is 132 cm³/mol. The molecule has 0 aromatic heterocycles. The molecule has 0 bridgehead atoms. The average Bonchev–Trinajstić information content (AvgIpc) is 3.21. The maximum Gasteiger partial charge on any atom is 0.190 e. The van der Waals surface area contributed by atoms with Crippen LogP contribution in [0.15, 0.2) is 35.3 Å². The third kappa shape index (κ3) is 11.8. The standard InChI is InChI=1S/C23H39N3O2.HI/c1-23(2,13-7-11-20-9-5-4-6-10-20)19-26-22(24-3)25-14-8-15-27-17-21-12-16-28-18-21;/h4-6,9-10,21H,7-8,11-19H2,1-3H3,(H2,24,25,26);1H. The summed E-state index contributed by atoms with van der Waals surface area (Å²) in [6, 6.07) is 10.7. The normalized spacial score (nSPS) is 17.1. The number of rotatable bonds is 12. The summed E-state index contributed by atoms with van der Waals surface area (Å²) in [4.78, 5) is 4.34. The highest BCUT2D eigenvalue weighted by molar-refractivity contribution is 14.0. The molecule has 0 radical (unpaired) electrons. The maximum atomic E-state index is 5.75. The molecule has 2 rings (SSSR count). The summed E-state index contributed by atoms with van der Waals surface area (Å²) in [5.74, 6) is 1.46. The van der Waals surface area contributed by atoms with Crippen LogP contribution in [0.5, 0.6) is 0 Å². The van der Waals surface area contributed by atoms with E-state index in [0.717, 1.165) is 64.7 Å². The summed E-state index contributed by atoms with van der Waals surface area (Å²) in [6.45, 7) is 9.78. The SMILES string of the molecule is CN=C(NCCCOCC1CCOC1)NCC(C)(C)CCCc1ccccc1.I. The quantitative estimate of drug-likeness (QED) is 0.188. The van der Waals surface area contributed by atoms with Gasteiger partial charge in [-0.05, 0) is 43.1 Å². The second kappa shape index (κ2) is 15.0. The fourth-order valence-corrected chi connectivity index (χ4v) is 3.39. The number of ether oxygens (including phenoxy) is 2. The lowest BCUT2D eigenvalue weighted by molar-refractivity contribution is 0.0888. The van der Waals surface area contributed by atoms with Gasteiger partial charge < -0.3 is 20.1 Å². The van der Waals surface area contributed by atoms with Gasteiger partial charge in [-0.25, -0.2) is 0 Å². The van der Waals surface area contributed by atoms with Gasteiger partial charge in [-0.2, -0.15) is 0 Å². The van der Waals surface area contributed by atoms with Gasteiger partial charge in [0.05, 0.1) is 13.2 Å². The third-order valence-corrected chi connectivity index (χ3v) is 5.26. The van der Waals surface area contributed by atoms with Crippen LogP contribution in [0, 0.1) is 11.3 Å². The number of aryl methyl sites for hydroxylation is 1. The molecule has 29 heavy (non-hydrogen) atoms. The third-order valence-electron chi connectivity index (χ3n) is 5.26.